The topological polar surface area (TPSA) is 60.2 Å². The number of fused-ring (bicyclic) bond motifs is 1. The zero-order chi connectivity index (χ0) is 13.9. The maximum atomic E-state index is 5.53. The largest absolute Gasteiger partial charge is 0.493 e. The highest BCUT2D eigenvalue weighted by molar-refractivity contribution is 5.40. The summed E-state index contributed by atoms with van der Waals surface area (Å²) in [4.78, 5) is 4.19. The van der Waals surface area contributed by atoms with Gasteiger partial charge >= 0.3 is 0 Å². The van der Waals surface area contributed by atoms with Crippen LogP contribution in [0.2, 0.25) is 0 Å². The summed E-state index contributed by atoms with van der Waals surface area (Å²) in [6, 6.07) is 6.72. The van der Waals surface area contributed by atoms with E-state index in [4.69, 9.17) is 9.26 Å². The molecule has 20 heavy (non-hydrogen) atoms. The Morgan fingerprint density at radius 1 is 1.40 bits per heavy atom. The van der Waals surface area contributed by atoms with Crippen LogP contribution in [-0.2, 0) is 12.8 Å². The van der Waals surface area contributed by atoms with Crippen LogP contribution in [0.1, 0.15) is 35.8 Å². The molecule has 0 radical (unpaired) electrons. The SMILES string of the molecule is Cc1noc(CCNC(C)c2ccc3c(c2)CCO3)n1. The standard InChI is InChI=1S/C15H19N3O2/c1-10(16-7-5-15-17-11(2)18-20-15)12-3-4-14-13(9-12)6-8-19-14/h3-4,9-10,16H,5-8H2,1-2H3. The fourth-order valence-electron chi connectivity index (χ4n) is 2.43. The molecule has 0 spiro atoms. The normalized spacial score (nSPS) is 14.9. The Hall–Kier alpha value is -1.88. The molecular formula is C15H19N3O2. The van der Waals surface area contributed by atoms with Crippen LogP contribution in [0.5, 0.6) is 5.75 Å². The Morgan fingerprint density at radius 2 is 2.30 bits per heavy atom. The van der Waals surface area contributed by atoms with Gasteiger partial charge in [0.1, 0.15) is 5.75 Å². The Labute approximate surface area is 118 Å². The highest BCUT2D eigenvalue weighted by Crippen LogP contribution is 2.27. The molecule has 0 saturated carbocycles. The van der Waals surface area contributed by atoms with Gasteiger partial charge in [-0.2, -0.15) is 4.98 Å². The van der Waals surface area contributed by atoms with E-state index in [-0.39, 0.29) is 0 Å². The van der Waals surface area contributed by atoms with Crippen LogP contribution in [0.4, 0.5) is 0 Å². The summed E-state index contributed by atoms with van der Waals surface area (Å²) >= 11 is 0. The molecule has 1 unspecified atom stereocenters. The van der Waals surface area contributed by atoms with Gasteiger partial charge in [-0.25, -0.2) is 0 Å². The van der Waals surface area contributed by atoms with E-state index in [2.05, 4.69) is 40.6 Å². The van der Waals surface area contributed by atoms with Crippen molar-refractivity contribution in [2.75, 3.05) is 13.2 Å². The second kappa shape index (κ2) is 5.63. The molecular weight excluding hydrogens is 254 g/mol. The van der Waals surface area contributed by atoms with Crippen molar-refractivity contribution in [1.82, 2.24) is 15.5 Å². The summed E-state index contributed by atoms with van der Waals surface area (Å²) in [5.74, 6) is 2.40. The quantitative estimate of drug-likeness (QED) is 0.905. The van der Waals surface area contributed by atoms with Crippen molar-refractivity contribution >= 4 is 0 Å². The zero-order valence-electron chi connectivity index (χ0n) is 11.8. The van der Waals surface area contributed by atoms with Crippen molar-refractivity contribution in [3.63, 3.8) is 0 Å². The van der Waals surface area contributed by atoms with E-state index in [0.29, 0.717) is 17.8 Å². The average Bonchev–Trinajstić information content (AvgIpc) is 3.06. The molecule has 1 aromatic heterocycles. The van der Waals surface area contributed by atoms with Crippen molar-refractivity contribution in [2.24, 2.45) is 0 Å². The van der Waals surface area contributed by atoms with E-state index < -0.39 is 0 Å². The minimum absolute atomic E-state index is 0.296. The molecule has 5 heteroatoms. The van der Waals surface area contributed by atoms with Gasteiger partial charge in [0.25, 0.3) is 0 Å². The van der Waals surface area contributed by atoms with Gasteiger partial charge in [-0.15, -0.1) is 0 Å². The molecule has 1 aliphatic heterocycles. The van der Waals surface area contributed by atoms with E-state index in [1.165, 1.54) is 11.1 Å². The zero-order valence-corrected chi connectivity index (χ0v) is 11.8. The molecule has 0 saturated heterocycles. The van der Waals surface area contributed by atoms with Crippen molar-refractivity contribution in [2.45, 2.75) is 32.7 Å². The predicted molar refractivity (Wildman–Crippen MR) is 74.8 cm³/mol. The molecule has 5 nitrogen and oxygen atoms in total. The smallest absolute Gasteiger partial charge is 0.227 e. The number of rotatable bonds is 5. The summed E-state index contributed by atoms with van der Waals surface area (Å²) in [5, 5.41) is 7.26. The molecule has 2 aromatic rings. The van der Waals surface area contributed by atoms with Gasteiger partial charge in [0, 0.05) is 25.4 Å². The third kappa shape index (κ3) is 2.82. The first-order chi connectivity index (χ1) is 9.72. The Bertz CT molecular complexity index is 595. The molecule has 0 amide bonds. The van der Waals surface area contributed by atoms with E-state index in [0.717, 1.165) is 31.7 Å². The summed E-state index contributed by atoms with van der Waals surface area (Å²) < 4.78 is 10.6. The predicted octanol–water partition coefficient (Wildman–Crippen LogP) is 2.21. The summed E-state index contributed by atoms with van der Waals surface area (Å²) in [6.07, 6.45) is 1.76. The van der Waals surface area contributed by atoms with Gasteiger partial charge in [-0.1, -0.05) is 17.3 Å². The van der Waals surface area contributed by atoms with Crippen LogP contribution >= 0.6 is 0 Å². The van der Waals surface area contributed by atoms with Crippen molar-refractivity contribution < 1.29 is 9.26 Å². The number of benzene rings is 1. The maximum Gasteiger partial charge on any atom is 0.227 e. The molecule has 1 aromatic carbocycles. The molecule has 106 valence electrons. The minimum atomic E-state index is 0.296. The monoisotopic (exact) mass is 273 g/mol. The summed E-state index contributed by atoms with van der Waals surface area (Å²) in [5.41, 5.74) is 2.60. The lowest BCUT2D eigenvalue weighted by Gasteiger charge is -2.14. The third-order valence-electron chi connectivity index (χ3n) is 3.57. The van der Waals surface area contributed by atoms with E-state index in [1.807, 2.05) is 6.92 Å². The van der Waals surface area contributed by atoms with Gasteiger partial charge < -0.3 is 14.6 Å². The molecule has 0 aliphatic carbocycles. The second-order valence-corrected chi connectivity index (χ2v) is 5.13. The first-order valence-electron chi connectivity index (χ1n) is 7.00. The molecule has 3 rings (SSSR count). The Kier molecular flexibility index (Phi) is 3.69. The summed E-state index contributed by atoms with van der Waals surface area (Å²) in [7, 11) is 0. The van der Waals surface area contributed by atoms with Crippen LogP contribution in [0, 0.1) is 6.92 Å². The lowest BCUT2D eigenvalue weighted by molar-refractivity contribution is 0.356. The van der Waals surface area contributed by atoms with Crippen LogP contribution in [0.15, 0.2) is 22.7 Å². The first-order valence-corrected chi connectivity index (χ1v) is 7.00. The number of hydrogen-bond donors (Lipinski definition) is 1. The number of nitrogens with one attached hydrogen (secondary N) is 1. The van der Waals surface area contributed by atoms with Crippen LogP contribution in [0.3, 0.4) is 0 Å². The van der Waals surface area contributed by atoms with Crippen LogP contribution in [0.25, 0.3) is 0 Å². The van der Waals surface area contributed by atoms with Crippen LogP contribution in [-0.4, -0.2) is 23.3 Å². The fraction of sp³-hybridized carbons (Fsp3) is 0.467. The van der Waals surface area contributed by atoms with Crippen LogP contribution < -0.4 is 10.1 Å². The molecule has 2 heterocycles. The minimum Gasteiger partial charge on any atom is -0.493 e. The van der Waals surface area contributed by atoms with Crippen molar-refractivity contribution in [3.8, 4) is 5.75 Å². The number of aromatic nitrogens is 2. The first kappa shape index (κ1) is 13.1. The number of nitrogens with zero attached hydrogens (tertiary/aromatic N) is 2. The molecule has 1 atom stereocenters. The highest BCUT2D eigenvalue weighted by atomic mass is 16.5. The van der Waals surface area contributed by atoms with Gasteiger partial charge in [0.05, 0.1) is 6.61 Å². The maximum absolute atomic E-state index is 5.53. The van der Waals surface area contributed by atoms with Crippen molar-refractivity contribution in [3.05, 3.63) is 41.0 Å². The van der Waals surface area contributed by atoms with Gasteiger partial charge in [-0.3, -0.25) is 0 Å². The molecule has 1 aliphatic rings. The van der Waals surface area contributed by atoms with Gasteiger partial charge in [-0.05, 0) is 31.0 Å². The summed E-state index contributed by atoms with van der Waals surface area (Å²) in [6.45, 7) is 5.61. The number of hydrogen-bond acceptors (Lipinski definition) is 5. The average molecular weight is 273 g/mol. The lowest BCUT2D eigenvalue weighted by Crippen LogP contribution is -2.21. The second-order valence-electron chi connectivity index (χ2n) is 5.13. The highest BCUT2D eigenvalue weighted by Gasteiger charge is 2.14. The van der Waals surface area contributed by atoms with Crippen molar-refractivity contribution in [1.29, 1.82) is 0 Å². The molecule has 1 N–H and O–H groups in total. The molecule has 0 fully saturated rings. The number of aryl methyl sites for hydroxylation is 1. The Morgan fingerprint density at radius 3 is 3.10 bits per heavy atom. The Balaban J connectivity index is 1.55. The molecule has 0 bridgehead atoms. The number of ether oxygens (including phenoxy) is 1. The van der Waals surface area contributed by atoms with E-state index >= 15 is 0 Å². The fourth-order valence-corrected chi connectivity index (χ4v) is 2.43. The lowest BCUT2D eigenvalue weighted by atomic mass is 10.0. The third-order valence-corrected chi connectivity index (χ3v) is 3.57. The van der Waals surface area contributed by atoms with Gasteiger partial charge in [0.15, 0.2) is 5.82 Å². The van der Waals surface area contributed by atoms with E-state index in [1.54, 1.807) is 0 Å². The van der Waals surface area contributed by atoms with E-state index in [9.17, 15) is 0 Å². The van der Waals surface area contributed by atoms with Gasteiger partial charge in [0.2, 0.25) is 5.89 Å².